The Bertz CT molecular complexity index is 502. The van der Waals surface area contributed by atoms with Gasteiger partial charge in [-0.1, -0.05) is 19.3 Å². The van der Waals surface area contributed by atoms with Crippen LogP contribution in [0.5, 0.6) is 0 Å². The van der Waals surface area contributed by atoms with Gasteiger partial charge in [0.15, 0.2) is 5.13 Å². The van der Waals surface area contributed by atoms with Crippen molar-refractivity contribution in [1.82, 2.24) is 9.88 Å². The molecular formula is C15H24N4OS. The molecule has 1 aromatic rings. The lowest BCUT2D eigenvalue weighted by Gasteiger charge is -2.41. The summed E-state index contributed by atoms with van der Waals surface area (Å²) < 4.78 is 0. The van der Waals surface area contributed by atoms with Crippen molar-refractivity contribution in [3.05, 3.63) is 11.1 Å². The first-order chi connectivity index (χ1) is 10.1. The Balaban J connectivity index is 1.59. The highest BCUT2D eigenvalue weighted by molar-refractivity contribution is 7.13. The highest BCUT2D eigenvalue weighted by Crippen LogP contribution is 2.28. The topological polar surface area (TPSA) is 62.5 Å². The van der Waals surface area contributed by atoms with Crippen molar-refractivity contribution in [2.75, 3.05) is 31.1 Å². The molecule has 2 fully saturated rings. The summed E-state index contributed by atoms with van der Waals surface area (Å²) >= 11 is 1.68. The van der Waals surface area contributed by atoms with E-state index in [-0.39, 0.29) is 5.91 Å². The maximum atomic E-state index is 12.7. The highest BCUT2D eigenvalue weighted by atomic mass is 32.1. The van der Waals surface area contributed by atoms with Crippen molar-refractivity contribution in [3.63, 3.8) is 0 Å². The second kappa shape index (κ2) is 5.93. The number of rotatable bonds is 2. The molecule has 0 aromatic carbocycles. The summed E-state index contributed by atoms with van der Waals surface area (Å²) in [7, 11) is 0. The summed E-state index contributed by atoms with van der Waals surface area (Å²) in [4.78, 5) is 21.4. The number of piperazine rings is 1. The zero-order valence-electron chi connectivity index (χ0n) is 12.7. The molecule has 1 saturated heterocycles. The number of amides is 1. The number of nitrogens with two attached hydrogens (primary N) is 1. The van der Waals surface area contributed by atoms with Crippen LogP contribution < -0.4 is 10.6 Å². The minimum atomic E-state index is -0.599. The summed E-state index contributed by atoms with van der Waals surface area (Å²) in [5, 5.41) is 3.14. The molecule has 1 aromatic heterocycles. The molecule has 2 heterocycles. The standard InChI is InChI=1S/C15H24N4OS/c1-12-11-21-14(17-12)19-9-7-18(8-10-19)13(20)15(16)5-3-2-4-6-15/h11H,2-10,16H2,1H3. The van der Waals surface area contributed by atoms with Gasteiger partial charge in [0.1, 0.15) is 0 Å². The number of nitrogens with zero attached hydrogens (tertiary/aromatic N) is 3. The van der Waals surface area contributed by atoms with E-state index in [4.69, 9.17) is 5.73 Å². The van der Waals surface area contributed by atoms with Gasteiger partial charge in [-0.15, -0.1) is 11.3 Å². The van der Waals surface area contributed by atoms with E-state index in [9.17, 15) is 4.79 Å². The maximum Gasteiger partial charge on any atom is 0.242 e. The smallest absolute Gasteiger partial charge is 0.242 e. The molecule has 3 rings (SSSR count). The van der Waals surface area contributed by atoms with Crippen LogP contribution in [0.3, 0.4) is 0 Å². The summed E-state index contributed by atoms with van der Waals surface area (Å²) in [6.07, 6.45) is 5.07. The van der Waals surface area contributed by atoms with Gasteiger partial charge in [0.05, 0.1) is 11.2 Å². The molecule has 21 heavy (non-hydrogen) atoms. The molecule has 2 N–H and O–H groups in total. The molecule has 0 spiro atoms. The van der Waals surface area contributed by atoms with Gasteiger partial charge in [-0.2, -0.15) is 0 Å². The zero-order chi connectivity index (χ0) is 14.9. The number of carbonyl (C=O) groups excluding carboxylic acids is 1. The number of carbonyl (C=O) groups is 1. The van der Waals surface area contributed by atoms with Crippen LogP contribution in [-0.2, 0) is 4.79 Å². The Morgan fingerprint density at radius 3 is 2.48 bits per heavy atom. The molecule has 116 valence electrons. The van der Waals surface area contributed by atoms with Gasteiger partial charge in [-0.05, 0) is 19.8 Å². The third-order valence-electron chi connectivity index (χ3n) is 4.62. The number of aromatic nitrogens is 1. The summed E-state index contributed by atoms with van der Waals surface area (Å²) in [6, 6.07) is 0. The summed E-state index contributed by atoms with van der Waals surface area (Å²) in [5.41, 5.74) is 6.83. The van der Waals surface area contributed by atoms with Crippen LogP contribution in [0.15, 0.2) is 5.38 Å². The van der Waals surface area contributed by atoms with Crippen molar-refractivity contribution in [3.8, 4) is 0 Å². The molecule has 0 radical (unpaired) electrons. The zero-order valence-corrected chi connectivity index (χ0v) is 13.5. The fraction of sp³-hybridized carbons (Fsp3) is 0.733. The first-order valence-electron chi connectivity index (χ1n) is 7.84. The van der Waals surface area contributed by atoms with E-state index < -0.39 is 5.54 Å². The normalized spacial score (nSPS) is 22.4. The van der Waals surface area contributed by atoms with Gasteiger partial charge in [-0.25, -0.2) is 4.98 Å². The Labute approximate surface area is 130 Å². The minimum absolute atomic E-state index is 0.164. The van der Waals surface area contributed by atoms with Crippen molar-refractivity contribution in [1.29, 1.82) is 0 Å². The summed E-state index contributed by atoms with van der Waals surface area (Å²) in [5.74, 6) is 0.164. The van der Waals surface area contributed by atoms with Crippen molar-refractivity contribution >= 4 is 22.4 Å². The molecule has 1 aliphatic heterocycles. The van der Waals surface area contributed by atoms with E-state index in [1.807, 2.05) is 11.8 Å². The highest BCUT2D eigenvalue weighted by Gasteiger charge is 2.39. The fourth-order valence-corrected chi connectivity index (χ4v) is 4.16. The Kier molecular flexibility index (Phi) is 4.17. The molecule has 6 heteroatoms. The van der Waals surface area contributed by atoms with Crippen molar-refractivity contribution < 1.29 is 4.79 Å². The predicted molar refractivity (Wildman–Crippen MR) is 85.6 cm³/mol. The Morgan fingerprint density at radius 2 is 1.90 bits per heavy atom. The lowest BCUT2D eigenvalue weighted by atomic mass is 9.81. The fourth-order valence-electron chi connectivity index (χ4n) is 3.30. The molecule has 1 saturated carbocycles. The van der Waals surface area contributed by atoms with E-state index in [0.29, 0.717) is 0 Å². The number of aryl methyl sites for hydroxylation is 1. The van der Waals surface area contributed by atoms with Crippen LogP contribution in [0, 0.1) is 6.92 Å². The molecule has 0 unspecified atom stereocenters. The lowest BCUT2D eigenvalue weighted by molar-refractivity contribution is -0.138. The van der Waals surface area contributed by atoms with E-state index in [0.717, 1.165) is 62.7 Å². The lowest BCUT2D eigenvalue weighted by Crippen LogP contribution is -2.60. The molecular weight excluding hydrogens is 284 g/mol. The van der Waals surface area contributed by atoms with Crippen molar-refractivity contribution in [2.45, 2.75) is 44.6 Å². The maximum absolute atomic E-state index is 12.7. The van der Waals surface area contributed by atoms with Gasteiger partial charge in [0, 0.05) is 31.6 Å². The quantitative estimate of drug-likeness (QED) is 0.904. The van der Waals surface area contributed by atoms with Gasteiger partial charge in [0.2, 0.25) is 5.91 Å². The molecule has 2 aliphatic rings. The van der Waals surface area contributed by atoms with Gasteiger partial charge < -0.3 is 15.5 Å². The molecule has 1 aliphatic carbocycles. The monoisotopic (exact) mass is 308 g/mol. The van der Waals surface area contributed by atoms with Crippen LogP contribution in [0.1, 0.15) is 37.8 Å². The Morgan fingerprint density at radius 1 is 1.24 bits per heavy atom. The molecule has 1 amide bonds. The van der Waals surface area contributed by atoms with E-state index in [2.05, 4.69) is 15.3 Å². The predicted octanol–water partition coefficient (Wildman–Crippen LogP) is 1.76. The van der Waals surface area contributed by atoms with E-state index >= 15 is 0 Å². The van der Waals surface area contributed by atoms with Gasteiger partial charge in [0.25, 0.3) is 0 Å². The largest absolute Gasteiger partial charge is 0.345 e. The minimum Gasteiger partial charge on any atom is -0.345 e. The number of anilines is 1. The molecule has 0 bridgehead atoms. The van der Waals surface area contributed by atoms with Crippen LogP contribution in [0.2, 0.25) is 0 Å². The van der Waals surface area contributed by atoms with E-state index in [1.54, 1.807) is 11.3 Å². The molecule has 0 atom stereocenters. The number of hydrogen-bond donors (Lipinski definition) is 1. The SMILES string of the molecule is Cc1csc(N2CCN(C(=O)C3(N)CCCCC3)CC2)n1. The number of hydrogen-bond acceptors (Lipinski definition) is 5. The van der Waals surface area contributed by atoms with Crippen LogP contribution in [0.4, 0.5) is 5.13 Å². The third-order valence-corrected chi connectivity index (χ3v) is 5.64. The average molecular weight is 308 g/mol. The summed E-state index contributed by atoms with van der Waals surface area (Å²) in [6.45, 7) is 5.25. The third kappa shape index (κ3) is 3.06. The van der Waals surface area contributed by atoms with Crippen LogP contribution in [-0.4, -0.2) is 47.5 Å². The second-order valence-corrected chi connectivity index (χ2v) is 7.10. The average Bonchev–Trinajstić information content (AvgIpc) is 2.94. The first kappa shape index (κ1) is 14.8. The first-order valence-corrected chi connectivity index (χ1v) is 8.72. The number of thiazole rings is 1. The van der Waals surface area contributed by atoms with Gasteiger partial charge in [-0.3, -0.25) is 4.79 Å². The molecule has 5 nitrogen and oxygen atoms in total. The second-order valence-electron chi connectivity index (χ2n) is 6.27. The van der Waals surface area contributed by atoms with Gasteiger partial charge >= 0.3 is 0 Å². The van der Waals surface area contributed by atoms with Crippen LogP contribution >= 0.6 is 11.3 Å². The van der Waals surface area contributed by atoms with E-state index in [1.165, 1.54) is 6.42 Å². The van der Waals surface area contributed by atoms with Crippen molar-refractivity contribution in [2.24, 2.45) is 5.73 Å². The van der Waals surface area contributed by atoms with Crippen LogP contribution in [0.25, 0.3) is 0 Å². The Hall–Kier alpha value is -1.14.